The molecule has 1 amide bonds. The van der Waals surface area contributed by atoms with Crippen molar-refractivity contribution < 1.29 is 21.6 Å². The zero-order chi connectivity index (χ0) is 12.9. The van der Waals surface area contributed by atoms with Gasteiger partial charge < -0.3 is 5.32 Å². The quantitative estimate of drug-likeness (QED) is 0.425. The van der Waals surface area contributed by atoms with Crippen LogP contribution in [-0.2, 0) is 24.7 Å². The van der Waals surface area contributed by atoms with Crippen molar-refractivity contribution in [1.29, 1.82) is 0 Å². The fourth-order valence-corrected chi connectivity index (χ4v) is 5.71. The van der Waals surface area contributed by atoms with Crippen molar-refractivity contribution in [2.75, 3.05) is 24.6 Å². The highest BCUT2D eigenvalue weighted by atomic mass is 32.2. The van der Waals surface area contributed by atoms with Gasteiger partial charge in [0, 0.05) is 13.1 Å². The summed E-state index contributed by atoms with van der Waals surface area (Å²) in [4.78, 5) is 9.93. The summed E-state index contributed by atoms with van der Waals surface area (Å²) in [5.41, 5.74) is 0. The molecule has 9 heteroatoms. The van der Waals surface area contributed by atoms with E-state index in [2.05, 4.69) is 10.0 Å². The topological polar surface area (TPSA) is 109 Å². The molecule has 1 rings (SSSR count). The molecule has 0 unspecified atom stereocenters. The molecular formula is C8H16N2O5S2. The first-order chi connectivity index (χ1) is 7.87. The Morgan fingerprint density at radius 2 is 2.00 bits per heavy atom. The van der Waals surface area contributed by atoms with Crippen molar-refractivity contribution in [1.82, 2.24) is 10.0 Å². The van der Waals surface area contributed by atoms with Gasteiger partial charge in [-0.3, -0.25) is 4.79 Å². The van der Waals surface area contributed by atoms with E-state index < -0.39 is 25.1 Å². The maximum absolute atomic E-state index is 11.7. The number of sulfone groups is 1. The third kappa shape index (κ3) is 4.60. The normalized spacial score (nSPS) is 23.4. The van der Waals surface area contributed by atoms with Crippen molar-refractivity contribution in [2.24, 2.45) is 0 Å². The van der Waals surface area contributed by atoms with E-state index in [4.69, 9.17) is 0 Å². The van der Waals surface area contributed by atoms with E-state index in [-0.39, 0.29) is 24.5 Å². The Kier molecular flexibility index (Phi) is 4.90. The van der Waals surface area contributed by atoms with Gasteiger partial charge in [-0.15, -0.1) is 0 Å². The van der Waals surface area contributed by atoms with Crippen LogP contribution in [0.4, 0.5) is 0 Å². The summed E-state index contributed by atoms with van der Waals surface area (Å²) < 4.78 is 48.0. The van der Waals surface area contributed by atoms with Crippen LogP contribution in [0.15, 0.2) is 0 Å². The van der Waals surface area contributed by atoms with Crippen LogP contribution in [0.1, 0.15) is 12.8 Å². The predicted octanol–water partition coefficient (Wildman–Crippen LogP) is -1.77. The Bertz CT molecular complexity index is 456. The van der Waals surface area contributed by atoms with Crippen LogP contribution < -0.4 is 10.0 Å². The molecule has 2 N–H and O–H groups in total. The molecule has 0 aromatic rings. The molecule has 0 bridgehead atoms. The third-order valence-corrected chi connectivity index (χ3v) is 6.38. The van der Waals surface area contributed by atoms with Gasteiger partial charge in [0.05, 0.1) is 16.8 Å². The molecule has 7 nitrogen and oxygen atoms in total. The van der Waals surface area contributed by atoms with Gasteiger partial charge in [0.1, 0.15) is 0 Å². The van der Waals surface area contributed by atoms with E-state index in [0.29, 0.717) is 19.4 Å². The van der Waals surface area contributed by atoms with E-state index in [1.165, 1.54) is 0 Å². The van der Waals surface area contributed by atoms with Crippen molar-refractivity contribution in [2.45, 2.75) is 18.1 Å². The fourth-order valence-electron chi connectivity index (χ4n) is 1.59. The molecule has 1 heterocycles. The van der Waals surface area contributed by atoms with Crippen LogP contribution in [0.2, 0.25) is 0 Å². The maximum Gasteiger partial charge on any atom is 0.215 e. The molecule has 1 aliphatic rings. The number of carbonyl (C=O) groups excluding carboxylic acids is 1. The summed E-state index contributed by atoms with van der Waals surface area (Å²) in [6.07, 6.45) is 1.17. The SMILES string of the molecule is O=CNCCCNS(=O)(=O)[C@@H]1CCS(=O)(=O)C1. The minimum atomic E-state index is -3.56. The number of nitrogens with one attached hydrogen (secondary N) is 2. The third-order valence-electron chi connectivity index (χ3n) is 2.51. The molecule has 100 valence electrons. The standard InChI is InChI=1S/C8H16N2O5S2/c11-7-9-3-1-4-10-17(14,15)8-2-5-16(12,13)6-8/h7-8,10H,1-6H2,(H,9,11)/t8-/m1/s1. The van der Waals surface area contributed by atoms with E-state index in [0.717, 1.165) is 0 Å². The second-order valence-corrected chi connectivity index (χ2v) is 8.16. The first kappa shape index (κ1) is 14.4. The molecule has 17 heavy (non-hydrogen) atoms. The number of amides is 1. The van der Waals surface area contributed by atoms with E-state index >= 15 is 0 Å². The first-order valence-corrected chi connectivity index (χ1v) is 8.60. The van der Waals surface area contributed by atoms with Gasteiger partial charge in [-0.1, -0.05) is 0 Å². The molecule has 1 atom stereocenters. The summed E-state index contributed by atoms with van der Waals surface area (Å²) >= 11 is 0. The molecule has 0 aromatic heterocycles. The van der Waals surface area contributed by atoms with Gasteiger partial charge >= 0.3 is 0 Å². The van der Waals surface area contributed by atoms with Gasteiger partial charge in [-0.05, 0) is 12.8 Å². The minimum Gasteiger partial charge on any atom is -0.359 e. The summed E-state index contributed by atoms with van der Waals surface area (Å²) in [7, 11) is -6.76. The van der Waals surface area contributed by atoms with Crippen molar-refractivity contribution in [3.63, 3.8) is 0 Å². The van der Waals surface area contributed by atoms with E-state index in [9.17, 15) is 21.6 Å². The number of hydrogen-bond acceptors (Lipinski definition) is 5. The largest absolute Gasteiger partial charge is 0.359 e. The van der Waals surface area contributed by atoms with E-state index in [1.807, 2.05) is 0 Å². The highest BCUT2D eigenvalue weighted by Crippen LogP contribution is 2.17. The van der Waals surface area contributed by atoms with Crippen molar-refractivity contribution in [3.8, 4) is 0 Å². The van der Waals surface area contributed by atoms with Gasteiger partial charge in [0.25, 0.3) is 0 Å². The summed E-state index contributed by atoms with van der Waals surface area (Å²) in [6, 6.07) is 0. The second kappa shape index (κ2) is 5.78. The lowest BCUT2D eigenvalue weighted by molar-refractivity contribution is -0.109. The van der Waals surface area contributed by atoms with Gasteiger partial charge in [0.15, 0.2) is 9.84 Å². The smallest absolute Gasteiger partial charge is 0.215 e. The van der Waals surface area contributed by atoms with Crippen LogP contribution in [0.25, 0.3) is 0 Å². The molecule has 0 spiro atoms. The summed E-state index contributed by atoms with van der Waals surface area (Å²) in [5, 5.41) is 1.56. The summed E-state index contributed by atoms with van der Waals surface area (Å²) in [5.74, 6) is -0.361. The molecule has 0 aromatic carbocycles. The van der Waals surface area contributed by atoms with Gasteiger partial charge in [-0.2, -0.15) is 0 Å². The Balaban J connectivity index is 2.39. The monoisotopic (exact) mass is 284 g/mol. The zero-order valence-electron chi connectivity index (χ0n) is 9.26. The second-order valence-electron chi connectivity index (χ2n) is 3.89. The van der Waals surface area contributed by atoms with Crippen molar-refractivity contribution in [3.05, 3.63) is 0 Å². The lowest BCUT2D eigenvalue weighted by Crippen LogP contribution is -2.36. The molecule has 0 saturated carbocycles. The van der Waals surface area contributed by atoms with Crippen LogP contribution in [0.5, 0.6) is 0 Å². The zero-order valence-corrected chi connectivity index (χ0v) is 10.9. The Hall–Kier alpha value is -0.670. The molecule has 1 saturated heterocycles. The molecule has 1 fully saturated rings. The maximum atomic E-state index is 11.7. The number of carbonyl (C=O) groups is 1. The minimum absolute atomic E-state index is 0.0642. The van der Waals surface area contributed by atoms with Crippen LogP contribution in [0, 0.1) is 0 Å². The number of hydrogen-bond donors (Lipinski definition) is 2. The number of rotatable bonds is 7. The predicted molar refractivity (Wildman–Crippen MR) is 62.7 cm³/mol. The summed E-state index contributed by atoms with van der Waals surface area (Å²) in [6.45, 7) is 0.578. The average Bonchev–Trinajstić information content (AvgIpc) is 2.59. The van der Waals surface area contributed by atoms with E-state index in [1.54, 1.807) is 0 Å². The van der Waals surface area contributed by atoms with Gasteiger partial charge in [0.2, 0.25) is 16.4 Å². The Labute approximate surface area is 101 Å². The molecule has 0 aliphatic carbocycles. The Morgan fingerprint density at radius 1 is 1.29 bits per heavy atom. The van der Waals surface area contributed by atoms with Crippen molar-refractivity contribution >= 4 is 26.3 Å². The highest BCUT2D eigenvalue weighted by Gasteiger charge is 2.36. The van der Waals surface area contributed by atoms with Gasteiger partial charge in [-0.25, -0.2) is 21.6 Å². The fraction of sp³-hybridized carbons (Fsp3) is 0.875. The van der Waals surface area contributed by atoms with Crippen LogP contribution in [-0.4, -0.2) is 53.1 Å². The lowest BCUT2D eigenvalue weighted by Gasteiger charge is -2.10. The molecular weight excluding hydrogens is 268 g/mol. The average molecular weight is 284 g/mol. The highest BCUT2D eigenvalue weighted by molar-refractivity contribution is 7.95. The van der Waals surface area contributed by atoms with Crippen LogP contribution >= 0.6 is 0 Å². The molecule has 1 aliphatic heterocycles. The number of sulfonamides is 1. The Morgan fingerprint density at radius 3 is 2.53 bits per heavy atom. The molecule has 0 radical (unpaired) electrons. The van der Waals surface area contributed by atoms with Crippen LogP contribution in [0.3, 0.4) is 0 Å². The lowest BCUT2D eigenvalue weighted by atomic mass is 10.4. The first-order valence-electron chi connectivity index (χ1n) is 5.23.